The number of ether oxygens (including phenoxy) is 2. The minimum atomic E-state index is 0.565. The molecule has 0 saturated carbocycles. The second-order valence-electron chi connectivity index (χ2n) is 4.53. The first-order chi connectivity index (χ1) is 10.3. The normalized spacial score (nSPS) is 10.4. The molecule has 0 unspecified atom stereocenters. The topological polar surface area (TPSA) is 30.5 Å². The number of halogens is 1. The van der Waals surface area contributed by atoms with Gasteiger partial charge in [0.25, 0.3) is 0 Å². The van der Waals surface area contributed by atoms with Gasteiger partial charge in [0.1, 0.15) is 12.4 Å². The first-order valence-corrected chi connectivity index (χ1v) is 7.45. The molecule has 2 aromatic carbocycles. The van der Waals surface area contributed by atoms with Gasteiger partial charge in [0.15, 0.2) is 0 Å². The molecule has 0 amide bonds. The smallest absolute Gasteiger partial charge is 0.119 e. The Morgan fingerprint density at radius 3 is 2.71 bits per heavy atom. The molecule has 0 heterocycles. The van der Waals surface area contributed by atoms with Crippen LogP contribution in [0.3, 0.4) is 0 Å². The van der Waals surface area contributed by atoms with Crippen molar-refractivity contribution in [2.24, 2.45) is 0 Å². The van der Waals surface area contributed by atoms with Gasteiger partial charge in [-0.2, -0.15) is 0 Å². The van der Waals surface area contributed by atoms with E-state index in [0.29, 0.717) is 26.4 Å². The summed E-state index contributed by atoms with van der Waals surface area (Å²) in [7, 11) is 0. The molecule has 2 aromatic rings. The van der Waals surface area contributed by atoms with Crippen LogP contribution >= 0.6 is 11.6 Å². The van der Waals surface area contributed by atoms with Gasteiger partial charge in [-0.25, -0.2) is 0 Å². The third-order valence-electron chi connectivity index (χ3n) is 2.96. The van der Waals surface area contributed by atoms with Crippen LogP contribution in [0.25, 0.3) is 0 Å². The average molecular weight is 306 g/mol. The monoisotopic (exact) mass is 305 g/mol. The molecule has 0 spiro atoms. The van der Waals surface area contributed by atoms with Crippen molar-refractivity contribution >= 4 is 17.3 Å². The van der Waals surface area contributed by atoms with Crippen LogP contribution in [0.1, 0.15) is 12.5 Å². The average Bonchev–Trinajstić information content (AvgIpc) is 2.51. The maximum absolute atomic E-state index is 6.12. The van der Waals surface area contributed by atoms with Crippen molar-refractivity contribution < 1.29 is 9.47 Å². The summed E-state index contributed by atoms with van der Waals surface area (Å²) in [5.41, 5.74) is 2.07. The van der Waals surface area contributed by atoms with E-state index in [1.807, 2.05) is 49.4 Å². The third kappa shape index (κ3) is 5.29. The Bertz CT molecular complexity index is 560. The molecule has 0 atom stereocenters. The van der Waals surface area contributed by atoms with Crippen molar-refractivity contribution in [3.63, 3.8) is 0 Å². The first-order valence-electron chi connectivity index (χ1n) is 7.07. The fraction of sp³-hybridized carbons (Fsp3) is 0.294. The summed E-state index contributed by atoms with van der Waals surface area (Å²) in [6, 6.07) is 15.7. The minimum Gasteiger partial charge on any atom is -0.491 e. The lowest BCUT2D eigenvalue weighted by atomic mass is 10.2. The summed E-state index contributed by atoms with van der Waals surface area (Å²) in [5.74, 6) is 0.855. The van der Waals surface area contributed by atoms with E-state index in [0.717, 1.165) is 22.0 Å². The van der Waals surface area contributed by atoms with Crippen LogP contribution in [-0.2, 0) is 11.3 Å². The van der Waals surface area contributed by atoms with Crippen molar-refractivity contribution in [3.05, 3.63) is 59.1 Å². The van der Waals surface area contributed by atoms with Crippen LogP contribution in [0.15, 0.2) is 48.5 Å². The summed E-state index contributed by atoms with van der Waals surface area (Å²) in [5, 5.41) is 4.04. The molecule has 112 valence electrons. The second-order valence-corrected chi connectivity index (χ2v) is 4.93. The summed E-state index contributed by atoms with van der Waals surface area (Å²) in [6.07, 6.45) is 0. The van der Waals surface area contributed by atoms with Gasteiger partial charge in [0.05, 0.1) is 17.3 Å². The van der Waals surface area contributed by atoms with Crippen LogP contribution < -0.4 is 10.1 Å². The summed E-state index contributed by atoms with van der Waals surface area (Å²) in [6.45, 7) is 4.56. The molecule has 0 aliphatic heterocycles. The standard InChI is InChI=1S/C17H20ClNO2/c1-2-20-10-11-21-15-7-5-6-14(12-15)13-19-17-9-4-3-8-16(17)18/h3-9,12,19H,2,10-11,13H2,1H3. The molecule has 0 aliphatic rings. The first kappa shape index (κ1) is 15.7. The SMILES string of the molecule is CCOCCOc1cccc(CNc2ccccc2Cl)c1. The summed E-state index contributed by atoms with van der Waals surface area (Å²) in [4.78, 5) is 0. The third-order valence-corrected chi connectivity index (χ3v) is 3.29. The number of rotatable bonds is 8. The molecular formula is C17H20ClNO2. The Labute approximate surface area is 130 Å². The molecule has 0 radical (unpaired) electrons. The molecule has 3 nitrogen and oxygen atoms in total. The van der Waals surface area contributed by atoms with Gasteiger partial charge in [0, 0.05) is 13.2 Å². The zero-order valence-electron chi connectivity index (χ0n) is 12.1. The lowest BCUT2D eigenvalue weighted by Crippen LogP contribution is -2.06. The van der Waals surface area contributed by atoms with Crippen LogP contribution in [0.4, 0.5) is 5.69 Å². The number of hydrogen-bond donors (Lipinski definition) is 1. The van der Waals surface area contributed by atoms with Gasteiger partial charge >= 0.3 is 0 Å². The van der Waals surface area contributed by atoms with E-state index >= 15 is 0 Å². The van der Waals surface area contributed by atoms with Gasteiger partial charge in [0.2, 0.25) is 0 Å². The fourth-order valence-corrected chi connectivity index (χ4v) is 2.11. The molecule has 4 heteroatoms. The number of benzene rings is 2. The molecule has 2 rings (SSSR count). The van der Waals surface area contributed by atoms with Crippen molar-refractivity contribution in [2.75, 3.05) is 25.1 Å². The Morgan fingerprint density at radius 1 is 1.05 bits per heavy atom. The van der Waals surface area contributed by atoms with Gasteiger partial charge in [-0.05, 0) is 36.8 Å². The largest absolute Gasteiger partial charge is 0.491 e. The predicted octanol–water partition coefficient (Wildman–Crippen LogP) is 4.37. The number of anilines is 1. The van der Waals surface area contributed by atoms with Gasteiger partial charge in [-0.1, -0.05) is 35.9 Å². The Kier molecular flexibility index (Phi) is 6.38. The molecule has 0 aliphatic carbocycles. The molecule has 0 saturated heterocycles. The lowest BCUT2D eigenvalue weighted by molar-refractivity contribution is 0.110. The highest BCUT2D eigenvalue weighted by Crippen LogP contribution is 2.22. The van der Waals surface area contributed by atoms with Crippen molar-refractivity contribution in [1.82, 2.24) is 0 Å². The second kappa shape index (κ2) is 8.55. The molecule has 21 heavy (non-hydrogen) atoms. The van der Waals surface area contributed by atoms with E-state index in [9.17, 15) is 0 Å². The molecule has 0 fully saturated rings. The van der Waals surface area contributed by atoms with Crippen molar-refractivity contribution in [3.8, 4) is 5.75 Å². The fourth-order valence-electron chi connectivity index (χ4n) is 1.91. The maximum atomic E-state index is 6.12. The maximum Gasteiger partial charge on any atom is 0.119 e. The molecule has 0 aromatic heterocycles. The number of para-hydroxylation sites is 1. The van der Waals surface area contributed by atoms with Crippen LogP contribution in [0.2, 0.25) is 5.02 Å². The summed E-state index contributed by atoms with van der Waals surface area (Å²) >= 11 is 6.12. The highest BCUT2D eigenvalue weighted by atomic mass is 35.5. The van der Waals surface area contributed by atoms with E-state index in [1.165, 1.54) is 0 Å². The van der Waals surface area contributed by atoms with Crippen LogP contribution in [0, 0.1) is 0 Å². The minimum absolute atomic E-state index is 0.565. The van der Waals surface area contributed by atoms with Gasteiger partial charge < -0.3 is 14.8 Å². The highest BCUT2D eigenvalue weighted by molar-refractivity contribution is 6.33. The summed E-state index contributed by atoms with van der Waals surface area (Å²) < 4.78 is 10.9. The Balaban J connectivity index is 1.87. The van der Waals surface area contributed by atoms with Crippen LogP contribution in [0.5, 0.6) is 5.75 Å². The Morgan fingerprint density at radius 2 is 1.90 bits per heavy atom. The highest BCUT2D eigenvalue weighted by Gasteiger charge is 2.00. The zero-order valence-corrected chi connectivity index (χ0v) is 12.9. The van der Waals surface area contributed by atoms with E-state index in [2.05, 4.69) is 11.4 Å². The van der Waals surface area contributed by atoms with Gasteiger partial charge in [-0.15, -0.1) is 0 Å². The van der Waals surface area contributed by atoms with Gasteiger partial charge in [-0.3, -0.25) is 0 Å². The van der Waals surface area contributed by atoms with Crippen molar-refractivity contribution in [1.29, 1.82) is 0 Å². The quantitative estimate of drug-likeness (QED) is 0.735. The molecular weight excluding hydrogens is 286 g/mol. The van der Waals surface area contributed by atoms with E-state index in [4.69, 9.17) is 21.1 Å². The lowest BCUT2D eigenvalue weighted by Gasteiger charge is -2.10. The molecule has 1 N–H and O–H groups in total. The number of hydrogen-bond acceptors (Lipinski definition) is 3. The Hall–Kier alpha value is -1.71. The van der Waals surface area contributed by atoms with E-state index in [-0.39, 0.29) is 0 Å². The van der Waals surface area contributed by atoms with E-state index < -0.39 is 0 Å². The predicted molar refractivity (Wildman–Crippen MR) is 87.2 cm³/mol. The number of nitrogens with one attached hydrogen (secondary N) is 1. The molecule has 0 bridgehead atoms. The van der Waals surface area contributed by atoms with Crippen LogP contribution in [-0.4, -0.2) is 19.8 Å². The van der Waals surface area contributed by atoms with E-state index in [1.54, 1.807) is 0 Å². The zero-order chi connectivity index (χ0) is 14.9. The van der Waals surface area contributed by atoms with Crippen molar-refractivity contribution in [2.45, 2.75) is 13.5 Å².